The summed E-state index contributed by atoms with van der Waals surface area (Å²) in [5.41, 5.74) is 3.12. The van der Waals surface area contributed by atoms with Gasteiger partial charge in [0.25, 0.3) is 0 Å². The van der Waals surface area contributed by atoms with Crippen molar-refractivity contribution in [1.82, 2.24) is 9.78 Å². The fraction of sp³-hybridized carbons (Fsp3) is 0.368. The highest BCUT2D eigenvalue weighted by Gasteiger charge is 2.27. The summed E-state index contributed by atoms with van der Waals surface area (Å²) < 4.78 is 22.5. The summed E-state index contributed by atoms with van der Waals surface area (Å²) in [6, 6.07) is 6.86. The third-order valence-electron chi connectivity index (χ3n) is 4.66. The van der Waals surface area contributed by atoms with E-state index in [0.717, 1.165) is 49.1 Å². The zero-order valence-electron chi connectivity index (χ0n) is 13.3. The number of allylic oxidation sites excluding steroid dienone is 1. The van der Waals surface area contributed by atoms with E-state index >= 15 is 0 Å². The highest BCUT2D eigenvalue weighted by Crippen LogP contribution is 2.37. The first-order chi connectivity index (χ1) is 11.8. The monoisotopic (exact) mass is 323 g/mol. The second kappa shape index (κ2) is 6.21. The number of rotatable bonds is 2. The molecular weight excluding hydrogens is 305 g/mol. The number of aryl methyl sites for hydroxylation is 1. The van der Waals surface area contributed by atoms with Gasteiger partial charge in [-0.1, -0.05) is 18.2 Å². The van der Waals surface area contributed by atoms with E-state index in [1.54, 1.807) is 12.1 Å². The lowest BCUT2D eigenvalue weighted by atomic mass is 9.97. The van der Waals surface area contributed by atoms with Gasteiger partial charge in [0, 0.05) is 17.7 Å². The summed E-state index contributed by atoms with van der Waals surface area (Å²) >= 11 is 0. The van der Waals surface area contributed by atoms with Crippen LogP contribution in [0.5, 0.6) is 0 Å². The van der Waals surface area contributed by atoms with E-state index in [1.165, 1.54) is 6.07 Å². The van der Waals surface area contributed by atoms with Crippen molar-refractivity contribution in [2.45, 2.75) is 38.3 Å². The topological polar surface area (TPSA) is 50.8 Å². The molecule has 2 aliphatic rings. The fourth-order valence-electron chi connectivity index (χ4n) is 3.47. The van der Waals surface area contributed by atoms with Gasteiger partial charge in [-0.25, -0.2) is 9.07 Å². The summed E-state index contributed by atoms with van der Waals surface area (Å²) in [4.78, 5) is 0. The summed E-state index contributed by atoms with van der Waals surface area (Å²) in [7, 11) is 0. The molecule has 1 fully saturated rings. The number of halogens is 1. The molecule has 2 aromatic rings. The maximum absolute atomic E-state index is 14.8. The average Bonchev–Trinajstić information content (AvgIpc) is 3.02. The van der Waals surface area contributed by atoms with Crippen molar-refractivity contribution >= 4 is 6.08 Å². The third kappa shape index (κ3) is 2.44. The molecule has 5 heteroatoms. The van der Waals surface area contributed by atoms with Crippen molar-refractivity contribution in [3.8, 4) is 17.3 Å². The van der Waals surface area contributed by atoms with Crippen LogP contribution in [0.15, 0.2) is 24.3 Å². The van der Waals surface area contributed by atoms with Crippen LogP contribution < -0.4 is 0 Å². The van der Waals surface area contributed by atoms with Gasteiger partial charge in [0.15, 0.2) is 6.23 Å². The van der Waals surface area contributed by atoms with E-state index in [4.69, 9.17) is 15.1 Å². The molecule has 24 heavy (non-hydrogen) atoms. The lowest BCUT2D eigenvalue weighted by molar-refractivity contribution is -0.0385. The molecular formula is C19H18FN3O. The Morgan fingerprint density at radius 3 is 3.04 bits per heavy atom. The smallest absolute Gasteiger partial charge is 0.150 e. The first kappa shape index (κ1) is 15.1. The van der Waals surface area contributed by atoms with Gasteiger partial charge in [-0.2, -0.15) is 10.4 Å². The van der Waals surface area contributed by atoms with E-state index in [0.29, 0.717) is 12.2 Å². The van der Waals surface area contributed by atoms with Crippen LogP contribution in [-0.4, -0.2) is 16.4 Å². The van der Waals surface area contributed by atoms with Crippen LogP contribution in [0.1, 0.15) is 48.7 Å². The number of hydrogen-bond donors (Lipinski definition) is 0. The van der Waals surface area contributed by atoms with E-state index < -0.39 is 5.82 Å². The second-order valence-electron chi connectivity index (χ2n) is 6.19. The van der Waals surface area contributed by atoms with Crippen molar-refractivity contribution in [2.75, 3.05) is 6.61 Å². The number of ether oxygens (including phenoxy) is 1. The minimum absolute atomic E-state index is 0.0540. The zero-order chi connectivity index (χ0) is 16.5. The van der Waals surface area contributed by atoms with Gasteiger partial charge in [-0.05, 0) is 44.2 Å². The van der Waals surface area contributed by atoms with Crippen LogP contribution in [0.3, 0.4) is 0 Å². The molecule has 1 unspecified atom stereocenters. The summed E-state index contributed by atoms with van der Waals surface area (Å²) in [6.07, 6.45) is 8.71. The number of fused-ring (bicyclic) bond motifs is 1. The van der Waals surface area contributed by atoms with E-state index in [2.05, 4.69) is 6.08 Å². The molecule has 0 amide bonds. The van der Waals surface area contributed by atoms with E-state index in [9.17, 15) is 4.39 Å². The molecule has 4 rings (SSSR count). The van der Waals surface area contributed by atoms with Gasteiger partial charge >= 0.3 is 0 Å². The molecule has 122 valence electrons. The molecule has 1 aliphatic heterocycles. The van der Waals surface area contributed by atoms with Gasteiger partial charge in [-0.15, -0.1) is 0 Å². The van der Waals surface area contributed by atoms with Crippen LogP contribution in [0, 0.1) is 17.1 Å². The first-order valence-corrected chi connectivity index (χ1v) is 8.38. The van der Waals surface area contributed by atoms with Crippen molar-refractivity contribution in [2.24, 2.45) is 0 Å². The quantitative estimate of drug-likeness (QED) is 0.831. The lowest BCUT2D eigenvalue weighted by Crippen LogP contribution is -2.20. The fourth-order valence-corrected chi connectivity index (χ4v) is 3.47. The molecule has 1 aliphatic carbocycles. The number of nitriles is 1. The Kier molecular flexibility index (Phi) is 3.91. The van der Waals surface area contributed by atoms with Gasteiger partial charge in [0.2, 0.25) is 0 Å². The number of aromatic nitrogens is 2. The minimum atomic E-state index is -0.487. The normalized spacial score (nSPS) is 19.8. The Morgan fingerprint density at radius 2 is 2.25 bits per heavy atom. The SMILES string of the molecule is N#Cc1cccc(-c2c3c(nn2C2CCCCO2)CCC=C3)c1F. The number of hydrogen-bond acceptors (Lipinski definition) is 3. The predicted molar refractivity (Wildman–Crippen MR) is 88.5 cm³/mol. The Bertz CT molecular complexity index is 841. The highest BCUT2D eigenvalue weighted by atomic mass is 19.1. The molecule has 0 radical (unpaired) electrons. The molecule has 2 heterocycles. The minimum Gasteiger partial charge on any atom is -0.356 e. The van der Waals surface area contributed by atoms with Crippen molar-refractivity contribution < 1.29 is 9.13 Å². The Labute approximate surface area is 140 Å². The highest BCUT2D eigenvalue weighted by molar-refractivity contribution is 5.76. The molecule has 0 spiro atoms. The van der Waals surface area contributed by atoms with Gasteiger partial charge in [0.05, 0.1) is 17.0 Å². The van der Waals surface area contributed by atoms with Crippen LogP contribution in [0.2, 0.25) is 0 Å². The first-order valence-electron chi connectivity index (χ1n) is 8.38. The van der Waals surface area contributed by atoms with Crippen LogP contribution >= 0.6 is 0 Å². The van der Waals surface area contributed by atoms with Crippen LogP contribution in [0.4, 0.5) is 4.39 Å². The number of nitrogens with zero attached hydrogens (tertiary/aromatic N) is 3. The summed E-state index contributed by atoms with van der Waals surface area (Å²) in [5.74, 6) is -0.487. The van der Waals surface area contributed by atoms with E-state index in [-0.39, 0.29) is 11.8 Å². The second-order valence-corrected chi connectivity index (χ2v) is 6.19. The van der Waals surface area contributed by atoms with Gasteiger partial charge in [0.1, 0.15) is 11.9 Å². The maximum atomic E-state index is 14.8. The third-order valence-corrected chi connectivity index (χ3v) is 4.66. The van der Waals surface area contributed by atoms with Crippen molar-refractivity contribution in [3.63, 3.8) is 0 Å². The van der Waals surface area contributed by atoms with Crippen LogP contribution in [-0.2, 0) is 11.2 Å². The molecule has 0 saturated carbocycles. The molecule has 1 aromatic carbocycles. The zero-order valence-corrected chi connectivity index (χ0v) is 13.3. The molecule has 4 nitrogen and oxygen atoms in total. The molecule has 1 aromatic heterocycles. The number of benzene rings is 1. The average molecular weight is 323 g/mol. The molecule has 1 saturated heterocycles. The Morgan fingerprint density at radius 1 is 1.33 bits per heavy atom. The van der Waals surface area contributed by atoms with Crippen molar-refractivity contribution in [1.29, 1.82) is 5.26 Å². The Balaban J connectivity index is 1.92. The molecule has 0 N–H and O–H groups in total. The maximum Gasteiger partial charge on any atom is 0.150 e. The van der Waals surface area contributed by atoms with E-state index in [1.807, 2.05) is 16.8 Å². The largest absolute Gasteiger partial charge is 0.356 e. The predicted octanol–water partition coefficient (Wildman–Crippen LogP) is 4.22. The lowest BCUT2D eigenvalue weighted by Gasteiger charge is -2.25. The molecule has 1 atom stereocenters. The van der Waals surface area contributed by atoms with Gasteiger partial charge in [-0.3, -0.25) is 0 Å². The summed E-state index contributed by atoms with van der Waals surface area (Å²) in [6.45, 7) is 0.700. The Hall–Kier alpha value is -2.45. The summed E-state index contributed by atoms with van der Waals surface area (Å²) in [5, 5.41) is 13.9. The van der Waals surface area contributed by atoms with Crippen LogP contribution in [0.25, 0.3) is 17.3 Å². The molecule has 0 bridgehead atoms. The van der Waals surface area contributed by atoms with Gasteiger partial charge < -0.3 is 4.74 Å². The van der Waals surface area contributed by atoms with Crippen molar-refractivity contribution in [3.05, 3.63) is 46.9 Å². The standard InChI is InChI=1S/C19H18FN3O/c20-18-13(12-21)6-5-8-15(18)19-14-7-1-2-9-16(14)22-23(19)17-10-3-4-11-24-17/h1,5-8,17H,2-4,9-11H2.